The van der Waals surface area contributed by atoms with E-state index in [-0.39, 0.29) is 23.4 Å². The van der Waals surface area contributed by atoms with Crippen LogP contribution in [0.2, 0.25) is 0 Å². The summed E-state index contributed by atoms with van der Waals surface area (Å²) in [6.45, 7) is 2.42. The molecule has 1 N–H and O–H groups in total. The summed E-state index contributed by atoms with van der Waals surface area (Å²) in [5, 5.41) is 4.00. The number of aromatic nitrogens is 2. The molecule has 4 heterocycles. The lowest BCUT2D eigenvalue weighted by Gasteiger charge is -2.51. The number of carbonyl (C=O) groups is 1. The van der Waals surface area contributed by atoms with Crippen LogP contribution in [0.25, 0.3) is 10.6 Å². The molecule has 0 unspecified atom stereocenters. The number of piperidine rings is 1. The highest BCUT2D eigenvalue weighted by molar-refractivity contribution is 7.13. The maximum atomic E-state index is 14.4. The number of benzene rings is 1. The summed E-state index contributed by atoms with van der Waals surface area (Å²) in [7, 11) is 0. The normalized spacial score (nSPS) is 30.8. The van der Waals surface area contributed by atoms with Crippen molar-refractivity contribution in [1.82, 2.24) is 20.2 Å². The number of likely N-dealkylation sites (tertiary alicyclic amines) is 1. The SMILES string of the molecule is C[C@]12C[C@@H]3N[C@H]1CCCC[C@H]2N(C(=O)c1cccnc1-c1cncs1)[C@H]3Cc1ccccc1. The average Bonchev–Trinajstić information content (AvgIpc) is 3.44. The summed E-state index contributed by atoms with van der Waals surface area (Å²) in [6.07, 6.45) is 10.3. The van der Waals surface area contributed by atoms with Gasteiger partial charge in [0.05, 0.1) is 27.7 Å². The predicted octanol–water partition coefficient (Wildman–Crippen LogP) is 4.95. The van der Waals surface area contributed by atoms with E-state index in [1.54, 1.807) is 11.7 Å². The molecule has 5 nitrogen and oxygen atoms in total. The van der Waals surface area contributed by atoms with E-state index in [1.165, 1.54) is 36.2 Å². The Morgan fingerprint density at radius 1 is 1.18 bits per heavy atom. The van der Waals surface area contributed by atoms with Crippen molar-refractivity contribution in [3.63, 3.8) is 0 Å². The van der Waals surface area contributed by atoms with Gasteiger partial charge in [-0.05, 0) is 43.4 Å². The van der Waals surface area contributed by atoms with Crippen LogP contribution in [0.4, 0.5) is 0 Å². The lowest BCUT2D eigenvalue weighted by atomic mass is 9.69. The molecule has 1 amide bonds. The molecule has 6 rings (SSSR count). The topological polar surface area (TPSA) is 58.1 Å². The van der Waals surface area contributed by atoms with Crippen LogP contribution in [0, 0.1) is 5.41 Å². The molecule has 1 saturated carbocycles. The summed E-state index contributed by atoms with van der Waals surface area (Å²) < 4.78 is 0. The molecule has 170 valence electrons. The fourth-order valence-corrected chi connectivity index (χ4v) is 7.32. The second-order valence-corrected chi connectivity index (χ2v) is 11.0. The Bertz CT molecular complexity index is 1130. The Hall–Kier alpha value is -2.57. The highest BCUT2D eigenvalue weighted by Crippen LogP contribution is 2.51. The molecule has 2 saturated heterocycles. The summed E-state index contributed by atoms with van der Waals surface area (Å²) in [5.74, 6) is 0.123. The van der Waals surface area contributed by atoms with Crippen molar-refractivity contribution in [3.05, 3.63) is 71.5 Å². The van der Waals surface area contributed by atoms with Crippen molar-refractivity contribution in [2.75, 3.05) is 0 Å². The predicted molar refractivity (Wildman–Crippen MR) is 131 cm³/mol. The van der Waals surface area contributed by atoms with E-state index in [0.717, 1.165) is 29.8 Å². The molecule has 2 aliphatic heterocycles. The van der Waals surface area contributed by atoms with Crippen LogP contribution in [0.1, 0.15) is 54.9 Å². The van der Waals surface area contributed by atoms with Crippen LogP contribution in [0.3, 0.4) is 0 Å². The highest BCUT2D eigenvalue weighted by atomic mass is 32.1. The zero-order valence-corrected chi connectivity index (χ0v) is 19.8. The third-order valence-electron chi connectivity index (χ3n) is 8.24. The van der Waals surface area contributed by atoms with E-state index in [0.29, 0.717) is 17.6 Å². The van der Waals surface area contributed by atoms with Crippen LogP contribution in [0.5, 0.6) is 0 Å². The number of thiazole rings is 1. The van der Waals surface area contributed by atoms with Crippen molar-refractivity contribution >= 4 is 17.2 Å². The molecule has 6 heteroatoms. The van der Waals surface area contributed by atoms with E-state index >= 15 is 0 Å². The smallest absolute Gasteiger partial charge is 0.256 e. The van der Waals surface area contributed by atoms with Gasteiger partial charge in [-0.15, -0.1) is 11.3 Å². The molecule has 5 atom stereocenters. The second kappa shape index (κ2) is 8.33. The highest BCUT2D eigenvalue weighted by Gasteiger charge is 2.59. The van der Waals surface area contributed by atoms with E-state index in [4.69, 9.17) is 0 Å². The van der Waals surface area contributed by atoms with Crippen molar-refractivity contribution in [3.8, 4) is 10.6 Å². The Labute approximate surface area is 199 Å². The number of amides is 1. The number of hydrogen-bond donors (Lipinski definition) is 1. The van der Waals surface area contributed by atoms with Crippen LogP contribution in [-0.4, -0.2) is 44.9 Å². The van der Waals surface area contributed by atoms with Gasteiger partial charge in [-0.1, -0.05) is 50.1 Å². The van der Waals surface area contributed by atoms with Crippen molar-refractivity contribution in [2.24, 2.45) is 5.41 Å². The van der Waals surface area contributed by atoms with Gasteiger partial charge in [0, 0.05) is 35.9 Å². The summed E-state index contributed by atoms with van der Waals surface area (Å²) in [5.41, 5.74) is 4.67. The molecule has 2 aromatic heterocycles. The Kier molecular flexibility index (Phi) is 5.30. The molecule has 2 bridgehead atoms. The lowest BCUT2D eigenvalue weighted by Crippen LogP contribution is -2.61. The minimum absolute atomic E-state index is 0.122. The first-order chi connectivity index (χ1) is 16.1. The van der Waals surface area contributed by atoms with Gasteiger partial charge in [-0.3, -0.25) is 14.8 Å². The molecule has 1 aromatic carbocycles. The minimum atomic E-state index is 0.122. The first-order valence-corrected chi connectivity index (χ1v) is 13.0. The fourth-order valence-electron chi connectivity index (χ4n) is 6.68. The number of nitrogens with one attached hydrogen (secondary N) is 1. The fraction of sp³-hybridized carbons (Fsp3) is 0.444. The lowest BCUT2D eigenvalue weighted by molar-refractivity contribution is 0.00318. The monoisotopic (exact) mass is 458 g/mol. The van der Waals surface area contributed by atoms with Gasteiger partial charge in [-0.2, -0.15) is 0 Å². The zero-order valence-electron chi connectivity index (χ0n) is 19.0. The van der Waals surface area contributed by atoms with Crippen molar-refractivity contribution < 1.29 is 4.79 Å². The standard InChI is InChI=1S/C27H30N4OS/c1-27-15-20-21(14-18-8-3-2-4-9-18)31(24(27)12-6-5-11-23(27)30-20)26(32)19-10-7-13-29-25(19)22-16-28-17-33-22/h2-4,7-10,13,16-17,20-21,23-24,30H,5-6,11-12,14-15H2,1H3/t20-,21-,23-,24+,27-/m0/s1. The van der Waals surface area contributed by atoms with Gasteiger partial charge >= 0.3 is 0 Å². The number of pyridine rings is 1. The zero-order chi connectivity index (χ0) is 22.4. The minimum Gasteiger partial charge on any atom is -0.330 e. The number of nitrogens with zero attached hydrogens (tertiary/aromatic N) is 3. The number of fused-ring (bicyclic) bond motifs is 1. The molecule has 3 fully saturated rings. The summed E-state index contributed by atoms with van der Waals surface area (Å²) in [6, 6.07) is 15.7. The van der Waals surface area contributed by atoms with Gasteiger partial charge in [-0.25, -0.2) is 0 Å². The first-order valence-electron chi connectivity index (χ1n) is 12.1. The molecule has 1 aliphatic carbocycles. The average molecular weight is 459 g/mol. The Morgan fingerprint density at radius 3 is 2.85 bits per heavy atom. The first kappa shape index (κ1) is 21.0. The number of hydrogen-bond acceptors (Lipinski definition) is 5. The van der Waals surface area contributed by atoms with Crippen LogP contribution < -0.4 is 5.32 Å². The molecule has 0 radical (unpaired) electrons. The van der Waals surface area contributed by atoms with Gasteiger partial charge in [0.15, 0.2) is 0 Å². The van der Waals surface area contributed by atoms with Gasteiger partial charge in [0.2, 0.25) is 0 Å². The number of carbonyl (C=O) groups excluding carboxylic acids is 1. The third-order valence-corrected chi connectivity index (χ3v) is 9.02. The van der Waals surface area contributed by atoms with Crippen molar-refractivity contribution in [1.29, 1.82) is 0 Å². The van der Waals surface area contributed by atoms with Crippen LogP contribution >= 0.6 is 11.3 Å². The van der Waals surface area contributed by atoms with E-state index < -0.39 is 0 Å². The van der Waals surface area contributed by atoms with Gasteiger partial charge < -0.3 is 10.2 Å². The van der Waals surface area contributed by atoms with E-state index in [1.807, 2.05) is 18.3 Å². The largest absolute Gasteiger partial charge is 0.330 e. The Morgan fingerprint density at radius 2 is 2.03 bits per heavy atom. The Balaban J connectivity index is 1.45. The molecule has 33 heavy (non-hydrogen) atoms. The molecule has 0 spiro atoms. The van der Waals surface area contributed by atoms with Crippen LogP contribution in [-0.2, 0) is 6.42 Å². The summed E-state index contributed by atoms with van der Waals surface area (Å²) >= 11 is 1.54. The quantitative estimate of drug-likeness (QED) is 0.601. The molecule has 3 aromatic rings. The van der Waals surface area contributed by atoms with E-state index in [2.05, 4.69) is 57.4 Å². The number of rotatable bonds is 4. The van der Waals surface area contributed by atoms with E-state index in [9.17, 15) is 4.79 Å². The van der Waals surface area contributed by atoms with Gasteiger partial charge in [0.25, 0.3) is 5.91 Å². The molecule has 3 aliphatic rings. The van der Waals surface area contributed by atoms with Crippen molar-refractivity contribution in [2.45, 2.75) is 69.6 Å². The molecular weight excluding hydrogens is 428 g/mol. The second-order valence-electron chi connectivity index (χ2n) is 10.1. The maximum Gasteiger partial charge on any atom is 0.256 e. The maximum absolute atomic E-state index is 14.4. The molecular formula is C27H30N4OS. The van der Waals surface area contributed by atoms with Crippen LogP contribution in [0.15, 0.2) is 60.4 Å². The van der Waals surface area contributed by atoms with Gasteiger partial charge in [0.1, 0.15) is 0 Å². The third kappa shape index (κ3) is 3.51. The summed E-state index contributed by atoms with van der Waals surface area (Å²) in [4.78, 5) is 26.5.